The highest BCUT2D eigenvalue weighted by Crippen LogP contribution is 2.30. The number of aryl methyl sites for hydroxylation is 1. The zero-order valence-corrected chi connectivity index (χ0v) is 12.1. The predicted octanol–water partition coefficient (Wildman–Crippen LogP) is 1.93. The second-order valence-electron chi connectivity index (χ2n) is 5.49. The van der Waals surface area contributed by atoms with Crippen molar-refractivity contribution in [3.8, 4) is 12.1 Å². The topological polar surface area (TPSA) is 72.9 Å². The molecule has 2 aliphatic rings. The lowest BCUT2D eigenvalue weighted by Gasteiger charge is -2.29. The van der Waals surface area contributed by atoms with Gasteiger partial charge in [0.05, 0.1) is 18.8 Å². The van der Waals surface area contributed by atoms with Crippen molar-refractivity contribution < 1.29 is 4.74 Å². The van der Waals surface area contributed by atoms with E-state index in [9.17, 15) is 10.5 Å². The average Bonchev–Trinajstić information content (AvgIpc) is 2.79. The lowest BCUT2D eigenvalue weighted by atomic mass is 9.98. The summed E-state index contributed by atoms with van der Waals surface area (Å²) < 4.78 is 5.37. The number of anilines is 1. The van der Waals surface area contributed by atoms with Crippen LogP contribution in [0.1, 0.15) is 41.6 Å². The molecule has 0 saturated carbocycles. The summed E-state index contributed by atoms with van der Waals surface area (Å²) in [6.45, 7) is 2.74. The van der Waals surface area contributed by atoms with E-state index in [2.05, 4.69) is 17.0 Å². The molecule has 2 heterocycles. The smallest absolute Gasteiger partial charge is 0.148 e. The van der Waals surface area contributed by atoms with Crippen molar-refractivity contribution in [2.75, 3.05) is 31.2 Å². The van der Waals surface area contributed by atoms with Gasteiger partial charge in [-0.25, -0.2) is 4.98 Å². The molecule has 5 nitrogen and oxygen atoms in total. The van der Waals surface area contributed by atoms with Gasteiger partial charge in [0.2, 0.25) is 0 Å². The molecule has 3 rings (SSSR count). The summed E-state index contributed by atoms with van der Waals surface area (Å²) in [4.78, 5) is 6.85. The van der Waals surface area contributed by atoms with E-state index in [-0.39, 0.29) is 0 Å². The van der Waals surface area contributed by atoms with Gasteiger partial charge in [0.1, 0.15) is 23.5 Å². The molecule has 0 spiro atoms. The molecule has 0 unspecified atom stereocenters. The van der Waals surface area contributed by atoms with Crippen LogP contribution in [0.15, 0.2) is 0 Å². The Hall–Kier alpha value is -2.11. The van der Waals surface area contributed by atoms with Gasteiger partial charge in [-0.3, -0.25) is 0 Å². The van der Waals surface area contributed by atoms with Crippen LogP contribution in [-0.4, -0.2) is 31.3 Å². The Bertz CT molecular complexity index is 621. The van der Waals surface area contributed by atoms with E-state index in [1.54, 1.807) is 0 Å². The molecule has 5 heteroatoms. The van der Waals surface area contributed by atoms with Crippen LogP contribution in [0.25, 0.3) is 0 Å². The molecule has 1 aliphatic heterocycles. The van der Waals surface area contributed by atoms with Gasteiger partial charge < -0.3 is 9.64 Å². The number of nitriles is 2. The second-order valence-corrected chi connectivity index (χ2v) is 5.49. The fraction of sp³-hybridized carbons (Fsp3) is 0.562. The molecular weight excluding hydrogens is 264 g/mol. The van der Waals surface area contributed by atoms with E-state index in [1.807, 2.05) is 0 Å². The van der Waals surface area contributed by atoms with Crippen LogP contribution in [0.3, 0.4) is 0 Å². The largest absolute Gasteiger partial charge is 0.378 e. The standard InChI is InChI=1S/C16H18N4O/c17-10-13-12-4-2-1-3-5-15(12)19-16(14(13)11-18)20-6-8-21-9-7-20/h1-9H2. The Morgan fingerprint density at radius 1 is 0.952 bits per heavy atom. The van der Waals surface area contributed by atoms with Gasteiger partial charge in [-0.15, -0.1) is 0 Å². The molecule has 1 fully saturated rings. The fourth-order valence-corrected chi connectivity index (χ4v) is 3.14. The number of morpholine rings is 1. The summed E-state index contributed by atoms with van der Waals surface area (Å²) in [5, 5.41) is 19.1. The summed E-state index contributed by atoms with van der Waals surface area (Å²) in [6, 6.07) is 4.48. The van der Waals surface area contributed by atoms with E-state index in [4.69, 9.17) is 9.72 Å². The molecule has 0 radical (unpaired) electrons. The second kappa shape index (κ2) is 6.11. The van der Waals surface area contributed by atoms with Gasteiger partial charge in [-0.1, -0.05) is 6.42 Å². The minimum Gasteiger partial charge on any atom is -0.378 e. The Morgan fingerprint density at radius 2 is 1.67 bits per heavy atom. The quantitative estimate of drug-likeness (QED) is 0.736. The number of aromatic nitrogens is 1. The highest BCUT2D eigenvalue weighted by atomic mass is 16.5. The third kappa shape index (κ3) is 2.57. The third-order valence-electron chi connectivity index (χ3n) is 4.24. The predicted molar refractivity (Wildman–Crippen MR) is 78.0 cm³/mol. The Balaban J connectivity index is 2.13. The van der Waals surface area contributed by atoms with Crippen molar-refractivity contribution in [1.82, 2.24) is 4.98 Å². The summed E-state index contributed by atoms with van der Waals surface area (Å²) in [5.74, 6) is 0.679. The third-order valence-corrected chi connectivity index (χ3v) is 4.24. The van der Waals surface area contributed by atoms with Crippen molar-refractivity contribution in [3.05, 3.63) is 22.4 Å². The molecule has 1 aliphatic carbocycles. The molecule has 21 heavy (non-hydrogen) atoms. The number of rotatable bonds is 1. The molecule has 108 valence electrons. The normalized spacial score (nSPS) is 18.3. The number of hydrogen-bond acceptors (Lipinski definition) is 5. The maximum Gasteiger partial charge on any atom is 0.148 e. The number of ether oxygens (including phenoxy) is 1. The number of pyridine rings is 1. The first-order valence-corrected chi connectivity index (χ1v) is 7.53. The van der Waals surface area contributed by atoms with Gasteiger partial charge in [0.25, 0.3) is 0 Å². The summed E-state index contributed by atoms with van der Waals surface area (Å²) in [7, 11) is 0. The zero-order valence-electron chi connectivity index (χ0n) is 12.1. The van der Waals surface area contributed by atoms with E-state index in [1.165, 1.54) is 0 Å². The highest BCUT2D eigenvalue weighted by Gasteiger charge is 2.24. The molecule has 0 aromatic carbocycles. The fourth-order valence-electron chi connectivity index (χ4n) is 3.14. The lowest BCUT2D eigenvalue weighted by molar-refractivity contribution is 0.122. The summed E-state index contributed by atoms with van der Waals surface area (Å²) in [6.07, 6.45) is 5.12. The van der Waals surface area contributed by atoms with E-state index in [0.717, 1.165) is 56.5 Å². The van der Waals surface area contributed by atoms with E-state index >= 15 is 0 Å². The van der Waals surface area contributed by atoms with Crippen LogP contribution in [0.5, 0.6) is 0 Å². The maximum absolute atomic E-state index is 9.55. The van der Waals surface area contributed by atoms with Gasteiger partial charge in [-0.2, -0.15) is 10.5 Å². The zero-order chi connectivity index (χ0) is 14.7. The van der Waals surface area contributed by atoms with Crippen molar-refractivity contribution in [2.45, 2.75) is 32.1 Å². The monoisotopic (exact) mass is 282 g/mol. The van der Waals surface area contributed by atoms with Gasteiger partial charge in [0, 0.05) is 18.8 Å². The van der Waals surface area contributed by atoms with Crippen LogP contribution >= 0.6 is 0 Å². The average molecular weight is 282 g/mol. The summed E-state index contributed by atoms with van der Waals surface area (Å²) in [5.41, 5.74) is 3.01. The minimum atomic E-state index is 0.444. The van der Waals surface area contributed by atoms with E-state index < -0.39 is 0 Å². The minimum absolute atomic E-state index is 0.444. The van der Waals surface area contributed by atoms with Crippen LogP contribution in [0.4, 0.5) is 5.82 Å². The van der Waals surface area contributed by atoms with Crippen molar-refractivity contribution in [1.29, 1.82) is 10.5 Å². The molecule has 0 amide bonds. The highest BCUT2D eigenvalue weighted by molar-refractivity contribution is 5.65. The van der Waals surface area contributed by atoms with Crippen LogP contribution in [0, 0.1) is 22.7 Å². The van der Waals surface area contributed by atoms with Crippen LogP contribution in [-0.2, 0) is 17.6 Å². The van der Waals surface area contributed by atoms with E-state index in [0.29, 0.717) is 30.2 Å². The van der Waals surface area contributed by atoms with Gasteiger partial charge in [0.15, 0.2) is 0 Å². The summed E-state index contributed by atoms with van der Waals surface area (Å²) >= 11 is 0. The van der Waals surface area contributed by atoms with Crippen molar-refractivity contribution in [2.24, 2.45) is 0 Å². The van der Waals surface area contributed by atoms with Gasteiger partial charge >= 0.3 is 0 Å². The lowest BCUT2D eigenvalue weighted by Crippen LogP contribution is -2.37. The number of nitrogens with zero attached hydrogens (tertiary/aromatic N) is 4. The van der Waals surface area contributed by atoms with Crippen molar-refractivity contribution >= 4 is 5.82 Å². The first-order valence-electron chi connectivity index (χ1n) is 7.53. The molecule has 1 saturated heterocycles. The van der Waals surface area contributed by atoms with Crippen LogP contribution < -0.4 is 4.90 Å². The first-order chi connectivity index (χ1) is 10.3. The SMILES string of the molecule is N#Cc1c(N2CCOCC2)nc2c(c1C#N)CCCCC2. The molecule has 0 N–H and O–H groups in total. The van der Waals surface area contributed by atoms with Crippen molar-refractivity contribution in [3.63, 3.8) is 0 Å². The first kappa shape index (κ1) is 13.9. The Labute approximate surface area is 124 Å². The molecule has 0 atom stereocenters. The molecule has 1 aromatic heterocycles. The van der Waals surface area contributed by atoms with Crippen LogP contribution in [0.2, 0.25) is 0 Å². The number of hydrogen-bond donors (Lipinski definition) is 0. The maximum atomic E-state index is 9.55. The molecule has 0 bridgehead atoms. The molecule has 1 aromatic rings. The molecular formula is C16H18N4O. The Kier molecular flexibility index (Phi) is 4.03. The Morgan fingerprint density at radius 3 is 2.38 bits per heavy atom. The number of fused-ring (bicyclic) bond motifs is 1. The van der Waals surface area contributed by atoms with Gasteiger partial charge in [-0.05, 0) is 31.2 Å².